The van der Waals surface area contributed by atoms with Crippen LogP contribution in [0.25, 0.3) is 10.9 Å². The molecule has 0 unspecified atom stereocenters. The minimum absolute atomic E-state index is 0.147. The van der Waals surface area contributed by atoms with Gasteiger partial charge >= 0.3 is 5.97 Å². The van der Waals surface area contributed by atoms with Crippen LogP contribution in [0.15, 0.2) is 121 Å². The van der Waals surface area contributed by atoms with Gasteiger partial charge in [-0.25, -0.2) is 17.9 Å². The number of aromatic nitrogens is 1. The second-order valence-electron chi connectivity index (χ2n) is 12.1. The van der Waals surface area contributed by atoms with Crippen LogP contribution in [-0.4, -0.2) is 30.6 Å². The number of aryl methyl sites for hydroxylation is 2. The van der Waals surface area contributed by atoms with Gasteiger partial charge in [-0.05, 0) is 84.0 Å². The van der Waals surface area contributed by atoms with Crippen LogP contribution in [0.1, 0.15) is 56.3 Å². The Morgan fingerprint density at radius 2 is 1.34 bits per heavy atom. The third kappa shape index (κ3) is 8.26. The Labute approximate surface area is 307 Å². The number of rotatable bonds is 14. The van der Waals surface area contributed by atoms with Crippen molar-refractivity contribution in [1.29, 1.82) is 0 Å². The zero-order valence-corrected chi connectivity index (χ0v) is 30.1. The summed E-state index contributed by atoms with van der Waals surface area (Å²) in [6, 6.07) is 38.1. The molecule has 0 atom stereocenters. The van der Waals surface area contributed by atoms with Gasteiger partial charge in [-0.3, -0.25) is 0 Å². The van der Waals surface area contributed by atoms with Gasteiger partial charge < -0.3 is 9.67 Å². The first-order valence-electron chi connectivity index (χ1n) is 16.2. The molecule has 0 saturated heterocycles. The van der Waals surface area contributed by atoms with E-state index in [1.807, 2.05) is 66.7 Å². The highest BCUT2D eigenvalue weighted by Crippen LogP contribution is 2.38. The van der Waals surface area contributed by atoms with E-state index in [-0.39, 0.29) is 23.9 Å². The monoisotopic (exact) mass is 744 g/mol. The lowest BCUT2D eigenvalue weighted by Gasteiger charge is -2.25. The summed E-state index contributed by atoms with van der Waals surface area (Å²) in [5.74, 6) is -1.29. The largest absolute Gasteiger partial charge is 0.478 e. The number of carbonyl (C=O) groups is 1. The average Bonchev–Trinajstić information content (AvgIpc) is 3.39. The van der Waals surface area contributed by atoms with Gasteiger partial charge in [-0.15, -0.1) is 0 Å². The minimum Gasteiger partial charge on any atom is -0.478 e. The number of benzene rings is 5. The molecule has 0 bridgehead atoms. The number of nitrogens with zero attached hydrogens (tertiary/aromatic N) is 1. The zero-order valence-electron chi connectivity index (χ0n) is 27.0. The highest BCUT2D eigenvalue weighted by Gasteiger charge is 2.26. The van der Waals surface area contributed by atoms with E-state index in [0.29, 0.717) is 33.5 Å². The zero-order chi connectivity index (χ0) is 35.3. The Bertz CT molecular complexity index is 2160. The van der Waals surface area contributed by atoms with Crippen molar-refractivity contribution in [3.8, 4) is 0 Å². The van der Waals surface area contributed by atoms with Gasteiger partial charge in [-0.1, -0.05) is 114 Å². The van der Waals surface area contributed by atoms with E-state index in [4.69, 9.17) is 34.8 Å². The molecule has 1 heterocycles. The number of sulfonamides is 1. The molecule has 6 aromatic rings. The number of carboxylic acids is 1. The van der Waals surface area contributed by atoms with E-state index < -0.39 is 16.0 Å². The maximum atomic E-state index is 13.4. The van der Waals surface area contributed by atoms with E-state index in [9.17, 15) is 18.3 Å². The maximum absolute atomic E-state index is 13.4. The second kappa shape index (κ2) is 15.8. The van der Waals surface area contributed by atoms with Gasteiger partial charge in [-0.2, -0.15) is 0 Å². The van der Waals surface area contributed by atoms with Crippen molar-refractivity contribution in [1.82, 2.24) is 9.29 Å². The lowest BCUT2D eigenvalue weighted by atomic mass is 9.97. The van der Waals surface area contributed by atoms with Crippen molar-refractivity contribution in [2.45, 2.75) is 37.5 Å². The van der Waals surface area contributed by atoms with E-state index in [1.54, 1.807) is 30.3 Å². The number of fused-ring (bicyclic) bond motifs is 1. The van der Waals surface area contributed by atoms with Crippen LogP contribution in [-0.2, 0) is 35.0 Å². The molecule has 0 fully saturated rings. The highest BCUT2D eigenvalue weighted by molar-refractivity contribution is 7.88. The van der Waals surface area contributed by atoms with Crippen molar-refractivity contribution in [2.24, 2.45) is 0 Å². The molecule has 0 saturated carbocycles. The van der Waals surface area contributed by atoms with E-state index in [0.717, 1.165) is 51.7 Å². The average molecular weight is 746 g/mol. The number of hydrogen-bond acceptors (Lipinski definition) is 3. The summed E-state index contributed by atoms with van der Waals surface area (Å²) in [4.78, 5) is 11.4. The molecule has 6 rings (SSSR count). The van der Waals surface area contributed by atoms with Crippen LogP contribution in [0.5, 0.6) is 0 Å². The van der Waals surface area contributed by atoms with Gasteiger partial charge in [0.25, 0.3) is 0 Å². The van der Waals surface area contributed by atoms with E-state index >= 15 is 0 Å². The third-order valence-electron chi connectivity index (χ3n) is 8.84. The molecule has 10 heteroatoms. The van der Waals surface area contributed by atoms with Crippen molar-refractivity contribution in [2.75, 3.05) is 6.54 Å². The van der Waals surface area contributed by atoms with Crippen LogP contribution in [0, 0.1) is 0 Å². The Balaban J connectivity index is 1.41. The lowest BCUT2D eigenvalue weighted by Crippen LogP contribution is -2.28. The summed E-state index contributed by atoms with van der Waals surface area (Å²) in [5, 5.41) is 11.5. The molecule has 2 N–H and O–H groups in total. The minimum atomic E-state index is -3.79. The summed E-state index contributed by atoms with van der Waals surface area (Å²) in [6.07, 6.45) is 2.61. The Kier molecular flexibility index (Phi) is 11.3. The molecule has 0 aliphatic heterocycles. The fourth-order valence-electron chi connectivity index (χ4n) is 6.53. The Morgan fingerprint density at radius 1 is 0.720 bits per heavy atom. The number of carboxylic acid groups (broad SMARTS) is 1. The van der Waals surface area contributed by atoms with Gasteiger partial charge in [0, 0.05) is 50.2 Å². The molecular formula is C40H35Cl3N2O4S. The molecule has 6 nitrogen and oxygen atoms in total. The predicted molar refractivity (Wildman–Crippen MR) is 203 cm³/mol. The number of hydrogen-bond donors (Lipinski definition) is 2. The van der Waals surface area contributed by atoms with Crippen molar-refractivity contribution in [3.63, 3.8) is 0 Å². The third-order valence-corrected chi connectivity index (χ3v) is 11.1. The standard InChI is InChI=1S/C40H35Cl3N2O4S/c41-31-21-22-37-33(25-31)32(14-7-9-27-17-19-30(20-18-27)40(46)47)38(23-24-44-50(48,49)26-34-35(42)15-8-16-36(34)43)45(37)39(28-10-3-1-4-11-28)29-12-5-2-6-13-29/h1-6,8,10-13,15-22,25,39,44H,7,9,14,23-24,26H2,(H,46,47). The Hall–Kier alpha value is -4.11. The molecular weight excluding hydrogens is 711 g/mol. The van der Waals surface area contributed by atoms with Crippen molar-refractivity contribution < 1.29 is 18.3 Å². The Morgan fingerprint density at radius 3 is 1.94 bits per heavy atom. The van der Waals surface area contributed by atoms with E-state index in [1.165, 1.54) is 0 Å². The molecule has 0 aliphatic carbocycles. The lowest BCUT2D eigenvalue weighted by molar-refractivity contribution is 0.0697. The topological polar surface area (TPSA) is 88.4 Å². The molecule has 1 aromatic heterocycles. The number of aromatic carboxylic acids is 1. The van der Waals surface area contributed by atoms with Gasteiger partial charge in [0.2, 0.25) is 10.0 Å². The first-order chi connectivity index (χ1) is 24.1. The first kappa shape index (κ1) is 35.7. The van der Waals surface area contributed by atoms with E-state index in [2.05, 4.69) is 33.6 Å². The molecule has 0 amide bonds. The molecule has 50 heavy (non-hydrogen) atoms. The highest BCUT2D eigenvalue weighted by atomic mass is 35.5. The predicted octanol–water partition coefficient (Wildman–Crippen LogP) is 9.77. The molecule has 256 valence electrons. The fourth-order valence-corrected chi connectivity index (χ4v) is 8.60. The number of halogens is 3. The molecule has 0 aliphatic rings. The van der Waals surface area contributed by atoms with Crippen LogP contribution in [0.3, 0.4) is 0 Å². The molecule has 5 aromatic carbocycles. The van der Waals surface area contributed by atoms with Crippen LogP contribution < -0.4 is 4.72 Å². The fraction of sp³-hybridized carbons (Fsp3) is 0.175. The van der Waals surface area contributed by atoms with Gasteiger partial charge in [0.05, 0.1) is 17.4 Å². The molecule has 0 radical (unpaired) electrons. The van der Waals surface area contributed by atoms with Crippen LogP contribution in [0.2, 0.25) is 15.1 Å². The van der Waals surface area contributed by atoms with Gasteiger partial charge in [0.15, 0.2) is 0 Å². The normalized spacial score (nSPS) is 11.8. The van der Waals surface area contributed by atoms with Crippen molar-refractivity contribution >= 4 is 61.7 Å². The summed E-state index contributed by atoms with van der Waals surface area (Å²) < 4.78 is 31.9. The second-order valence-corrected chi connectivity index (χ2v) is 15.2. The van der Waals surface area contributed by atoms with Crippen LogP contribution >= 0.6 is 34.8 Å². The van der Waals surface area contributed by atoms with Crippen molar-refractivity contribution in [3.05, 3.63) is 175 Å². The smallest absolute Gasteiger partial charge is 0.335 e. The number of nitrogens with one attached hydrogen (secondary N) is 1. The first-order valence-corrected chi connectivity index (χ1v) is 19.0. The maximum Gasteiger partial charge on any atom is 0.335 e. The SMILES string of the molecule is O=C(O)c1ccc(CCCc2c(CCNS(=O)(=O)Cc3c(Cl)cccc3Cl)n(C(c3ccccc3)c3ccccc3)c3ccc(Cl)cc23)cc1. The molecule has 0 spiro atoms. The van der Waals surface area contributed by atoms with Gasteiger partial charge in [0.1, 0.15) is 0 Å². The van der Waals surface area contributed by atoms with Crippen LogP contribution in [0.4, 0.5) is 0 Å². The summed E-state index contributed by atoms with van der Waals surface area (Å²) in [7, 11) is -3.79. The summed E-state index contributed by atoms with van der Waals surface area (Å²) in [6.45, 7) is 0.147. The quantitative estimate of drug-likeness (QED) is 0.116. The summed E-state index contributed by atoms with van der Waals surface area (Å²) in [5.41, 5.74) is 6.91. The summed E-state index contributed by atoms with van der Waals surface area (Å²) >= 11 is 19.3.